The monoisotopic (exact) mass is 701 g/mol. The van der Waals surface area contributed by atoms with Gasteiger partial charge in [0.15, 0.2) is 17.5 Å². The van der Waals surface area contributed by atoms with Crippen LogP contribution in [0.3, 0.4) is 0 Å². The molecule has 2 aromatic heterocycles. The van der Waals surface area contributed by atoms with Crippen molar-refractivity contribution in [3.8, 4) is 56.4 Å². The van der Waals surface area contributed by atoms with Gasteiger partial charge in [-0.25, -0.2) is 15.0 Å². The maximum absolute atomic E-state index is 6.52. The fraction of sp³-hybridized carbons (Fsp3) is 0. The van der Waals surface area contributed by atoms with Gasteiger partial charge in [-0.2, -0.15) is 0 Å². The van der Waals surface area contributed by atoms with Crippen LogP contribution in [0.5, 0.6) is 0 Å². The van der Waals surface area contributed by atoms with Crippen molar-refractivity contribution >= 4 is 54.3 Å². The van der Waals surface area contributed by atoms with Gasteiger partial charge < -0.3 is 4.42 Å². The van der Waals surface area contributed by atoms with Gasteiger partial charge in [-0.3, -0.25) is 0 Å². The van der Waals surface area contributed by atoms with Gasteiger partial charge in [-0.1, -0.05) is 164 Å². The highest BCUT2D eigenvalue weighted by molar-refractivity contribution is 6.26. The van der Waals surface area contributed by atoms with Crippen molar-refractivity contribution in [3.05, 3.63) is 188 Å². The van der Waals surface area contributed by atoms with E-state index < -0.39 is 0 Å². The van der Waals surface area contributed by atoms with Crippen LogP contribution in [0.2, 0.25) is 0 Å². The minimum Gasteiger partial charge on any atom is -0.456 e. The van der Waals surface area contributed by atoms with Gasteiger partial charge in [0.2, 0.25) is 0 Å². The smallest absolute Gasteiger partial charge is 0.164 e. The molecule has 0 saturated heterocycles. The van der Waals surface area contributed by atoms with Gasteiger partial charge in [0.25, 0.3) is 0 Å². The molecule has 0 unspecified atom stereocenters. The minimum absolute atomic E-state index is 0.592. The van der Waals surface area contributed by atoms with E-state index >= 15 is 0 Å². The predicted octanol–water partition coefficient (Wildman–Crippen LogP) is 13.6. The Morgan fingerprint density at radius 2 is 0.764 bits per heavy atom. The molecule has 0 amide bonds. The van der Waals surface area contributed by atoms with E-state index in [9.17, 15) is 0 Å². The molecule has 0 saturated carbocycles. The van der Waals surface area contributed by atoms with Crippen LogP contribution in [-0.2, 0) is 0 Å². The number of hydrogen-bond acceptors (Lipinski definition) is 4. The maximum atomic E-state index is 6.52. The molecule has 0 fully saturated rings. The van der Waals surface area contributed by atoms with Crippen LogP contribution in [0.1, 0.15) is 0 Å². The number of fused-ring (bicyclic) bond motifs is 9. The molecule has 4 heteroatoms. The molecule has 11 rings (SSSR count). The van der Waals surface area contributed by atoms with Crippen molar-refractivity contribution in [2.75, 3.05) is 0 Å². The molecule has 0 aliphatic carbocycles. The molecule has 0 N–H and O–H groups in total. The molecular weight excluding hydrogens is 671 g/mol. The number of nitrogens with zero attached hydrogens (tertiary/aromatic N) is 3. The molecule has 4 nitrogen and oxygen atoms in total. The van der Waals surface area contributed by atoms with Crippen LogP contribution >= 0.6 is 0 Å². The largest absolute Gasteiger partial charge is 0.456 e. The summed E-state index contributed by atoms with van der Waals surface area (Å²) in [5.41, 5.74) is 8.78. The average molecular weight is 702 g/mol. The lowest BCUT2D eigenvalue weighted by Crippen LogP contribution is -2.01. The first-order valence-corrected chi connectivity index (χ1v) is 18.5. The van der Waals surface area contributed by atoms with Crippen molar-refractivity contribution in [1.29, 1.82) is 0 Å². The van der Waals surface area contributed by atoms with Crippen molar-refractivity contribution in [2.24, 2.45) is 0 Å². The van der Waals surface area contributed by atoms with Crippen LogP contribution in [-0.4, -0.2) is 15.0 Å². The molecular formula is C51H31N3O. The highest BCUT2D eigenvalue weighted by atomic mass is 16.3. The standard InChI is InChI=1S/C51H31N3O/c1-3-14-32(15-4-1)36-18-7-12-23-42(36)50-52-49(33-16-5-2-6-17-33)53-51(54-50)43-24-13-25-47-48(43)45-31-35(27-29-46(45)55-47)34-26-28-41-39-21-9-8-19-37(39)38-20-10-11-22-40(38)44(41)30-34/h1-31H. The number of hydrogen-bond donors (Lipinski definition) is 0. The molecule has 9 aromatic carbocycles. The Labute approximate surface area is 317 Å². The molecule has 256 valence electrons. The Morgan fingerprint density at radius 1 is 0.273 bits per heavy atom. The van der Waals surface area contributed by atoms with Crippen LogP contribution in [0.25, 0.3) is 111 Å². The lowest BCUT2D eigenvalue weighted by Gasteiger charge is -2.12. The second kappa shape index (κ2) is 12.6. The van der Waals surface area contributed by atoms with Gasteiger partial charge in [-0.15, -0.1) is 0 Å². The highest BCUT2D eigenvalue weighted by Gasteiger charge is 2.20. The SMILES string of the molecule is c1ccc(-c2nc(-c3ccccc3-c3ccccc3)nc(-c3cccc4oc5ccc(-c6ccc7c8ccccc8c8ccccc8c7c6)cc5c34)n2)cc1. The third-order valence-corrected chi connectivity index (χ3v) is 10.7. The summed E-state index contributed by atoms with van der Waals surface area (Å²) in [4.78, 5) is 15.5. The number of aromatic nitrogens is 3. The van der Waals surface area contributed by atoms with Gasteiger partial charge in [0, 0.05) is 27.5 Å². The van der Waals surface area contributed by atoms with Crippen LogP contribution < -0.4 is 0 Å². The average Bonchev–Trinajstić information content (AvgIpc) is 3.65. The summed E-state index contributed by atoms with van der Waals surface area (Å²) in [5.74, 6) is 1.82. The maximum Gasteiger partial charge on any atom is 0.164 e. The normalized spacial score (nSPS) is 11.6. The van der Waals surface area contributed by atoms with E-state index in [1.165, 1.54) is 32.3 Å². The molecule has 2 heterocycles. The summed E-state index contributed by atoms with van der Waals surface area (Å²) in [6, 6.07) is 65.7. The van der Waals surface area contributed by atoms with Gasteiger partial charge in [-0.05, 0) is 78.8 Å². The van der Waals surface area contributed by atoms with E-state index in [0.29, 0.717) is 17.5 Å². The summed E-state index contributed by atoms with van der Waals surface area (Å²) in [6.07, 6.45) is 0. The molecule has 0 aliphatic rings. The zero-order valence-electron chi connectivity index (χ0n) is 29.6. The fourth-order valence-electron chi connectivity index (χ4n) is 8.16. The van der Waals surface area contributed by atoms with E-state index in [2.05, 4.69) is 133 Å². The number of rotatable bonds is 5. The Kier molecular flexibility index (Phi) is 7.14. The summed E-state index contributed by atoms with van der Waals surface area (Å²) in [6.45, 7) is 0. The Morgan fingerprint density at radius 3 is 1.45 bits per heavy atom. The highest BCUT2D eigenvalue weighted by Crippen LogP contribution is 2.41. The molecule has 0 atom stereocenters. The number of benzene rings is 9. The van der Waals surface area contributed by atoms with Gasteiger partial charge >= 0.3 is 0 Å². The Balaban J connectivity index is 1.12. The second-order valence-electron chi connectivity index (χ2n) is 13.9. The lowest BCUT2D eigenvalue weighted by atomic mass is 9.92. The molecule has 0 radical (unpaired) electrons. The van der Waals surface area contributed by atoms with Gasteiger partial charge in [0.05, 0.1) is 0 Å². The molecule has 0 bridgehead atoms. The van der Waals surface area contributed by atoms with Crippen LogP contribution in [0.4, 0.5) is 0 Å². The van der Waals surface area contributed by atoms with E-state index in [4.69, 9.17) is 19.4 Å². The van der Waals surface area contributed by atoms with Gasteiger partial charge in [0.1, 0.15) is 11.2 Å². The molecule has 0 spiro atoms. The predicted molar refractivity (Wildman–Crippen MR) is 227 cm³/mol. The topological polar surface area (TPSA) is 51.8 Å². The van der Waals surface area contributed by atoms with Crippen molar-refractivity contribution in [2.45, 2.75) is 0 Å². The van der Waals surface area contributed by atoms with E-state index in [1.807, 2.05) is 54.6 Å². The van der Waals surface area contributed by atoms with E-state index in [0.717, 1.165) is 60.9 Å². The quantitative estimate of drug-likeness (QED) is 0.168. The summed E-state index contributed by atoms with van der Waals surface area (Å²) in [5, 5.41) is 9.55. The first kappa shape index (κ1) is 31.1. The lowest BCUT2D eigenvalue weighted by molar-refractivity contribution is 0.669. The Hall–Kier alpha value is -7.43. The van der Waals surface area contributed by atoms with Crippen LogP contribution in [0, 0.1) is 0 Å². The molecule has 55 heavy (non-hydrogen) atoms. The first-order chi connectivity index (χ1) is 27.3. The van der Waals surface area contributed by atoms with Crippen molar-refractivity contribution in [1.82, 2.24) is 15.0 Å². The van der Waals surface area contributed by atoms with Crippen molar-refractivity contribution < 1.29 is 4.42 Å². The van der Waals surface area contributed by atoms with Crippen LogP contribution in [0.15, 0.2) is 192 Å². The molecule has 0 aliphatic heterocycles. The number of furan rings is 1. The summed E-state index contributed by atoms with van der Waals surface area (Å²) >= 11 is 0. The summed E-state index contributed by atoms with van der Waals surface area (Å²) in [7, 11) is 0. The third-order valence-electron chi connectivity index (χ3n) is 10.7. The third kappa shape index (κ3) is 5.19. The fourth-order valence-corrected chi connectivity index (χ4v) is 8.16. The van der Waals surface area contributed by atoms with E-state index in [1.54, 1.807) is 0 Å². The Bertz CT molecular complexity index is 3220. The zero-order valence-corrected chi connectivity index (χ0v) is 29.6. The van der Waals surface area contributed by atoms with Crippen molar-refractivity contribution in [3.63, 3.8) is 0 Å². The first-order valence-electron chi connectivity index (χ1n) is 18.5. The zero-order chi connectivity index (χ0) is 36.3. The second-order valence-corrected chi connectivity index (χ2v) is 13.9. The molecule has 11 aromatic rings. The minimum atomic E-state index is 0.592. The summed E-state index contributed by atoms with van der Waals surface area (Å²) < 4.78 is 6.52. The van der Waals surface area contributed by atoms with E-state index in [-0.39, 0.29) is 0 Å².